The van der Waals surface area contributed by atoms with Crippen LogP contribution in [0, 0.1) is 5.92 Å². The summed E-state index contributed by atoms with van der Waals surface area (Å²) in [6.45, 7) is 1.66. The van der Waals surface area contributed by atoms with Crippen LogP contribution in [0.4, 0.5) is 0 Å². The molecule has 2 aliphatic rings. The second-order valence-electron chi connectivity index (χ2n) is 8.16. The van der Waals surface area contributed by atoms with Crippen LogP contribution < -0.4 is 4.72 Å². The number of halogens is 1. The van der Waals surface area contributed by atoms with Crippen molar-refractivity contribution in [3.05, 3.63) is 64.6 Å². The van der Waals surface area contributed by atoms with Crippen LogP contribution in [0.15, 0.2) is 64.0 Å². The van der Waals surface area contributed by atoms with E-state index in [4.69, 9.17) is 4.74 Å². The highest BCUT2D eigenvalue weighted by atomic mass is 79.9. The van der Waals surface area contributed by atoms with Gasteiger partial charge in [0.1, 0.15) is 0 Å². The Kier molecular flexibility index (Phi) is 7.11. The summed E-state index contributed by atoms with van der Waals surface area (Å²) in [5, 5.41) is 0. The molecule has 0 spiro atoms. The van der Waals surface area contributed by atoms with Gasteiger partial charge in [-0.05, 0) is 55.5 Å². The van der Waals surface area contributed by atoms with Crippen LogP contribution in [0.3, 0.4) is 0 Å². The zero-order valence-electron chi connectivity index (χ0n) is 17.2. The first-order valence-corrected chi connectivity index (χ1v) is 12.9. The fourth-order valence-corrected chi connectivity index (χ4v) is 5.98. The van der Waals surface area contributed by atoms with Crippen molar-refractivity contribution in [2.45, 2.75) is 42.7 Å². The Morgan fingerprint density at radius 2 is 1.68 bits per heavy atom. The van der Waals surface area contributed by atoms with E-state index >= 15 is 0 Å². The number of carbonyl (C=O) groups excluding carboxylic acids is 1. The van der Waals surface area contributed by atoms with Gasteiger partial charge in [0.05, 0.1) is 24.2 Å². The third-order valence-electron chi connectivity index (χ3n) is 6.12. The summed E-state index contributed by atoms with van der Waals surface area (Å²) >= 11 is 3.32. The van der Waals surface area contributed by atoms with Gasteiger partial charge in [-0.3, -0.25) is 4.79 Å². The fourth-order valence-electron chi connectivity index (χ4n) is 4.41. The molecule has 1 aliphatic heterocycles. The number of ether oxygens (including phenoxy) is 1. The molecular weight excluding hydrogens is 480 g/mol. The van der Waals surface area contributed by atoms with E-state index in [1.165, 1.54) is 0 Å². The minimum Gasteiger partial charge on any atom is -0.377 e. The lowest BCUT2D eigenvalue weighted by molar-refractivity contribution is -0.145. The summed E-state index contributed by atoms with van der Waals surface area (Å²) in [5.41, 5.74) is 1.09. The molecule has 2 fully saturated rings. The van der Waals surface area contributed by atoms with E-state index in [2.05, 4.69) is 20.7 Å². The normalized spacial score (nSPS) is 24.7. The molecule has 1 saturated heterocycles. The first kappa shape index (κ1) is 22.5. The summed E-state index contributed by atoms with van der Waals surface area (Å²) in [5.74, 6) is 0.0871. The number of rotatable bonds is 5. The number of nitrogens with one attached hydrogen (secondary N) is 1. The quantitative estimate of drug-likeness (QED) is 0.667. The van der Waals surface area contributed by atoms with Crippen molar-refractivity contribution in [1.82, 2.24) is 9.62 Å². The average molecular weight is 507 g/mol. The minimum atomic E-state index is -3.56. The second kappa shape index (κ2) is 9.81. The van der Waals surface area contributed by atoms with Gasteiger partial charge in [-0.1, -0.05) is 46.3 Å². The van der Waals surface area contributed by atoms with Crippen molar-refractivity contribution >= 4 is 31.9 Å². The van der Waals surface area contributed by atoms with E-state index in [1.807, 2.05) is 35.2 Å². The molecule has 0 aromatic heterocycles. The maximum absolute atomic E-state index is 13.3. The van der Waals surface area contributed by atoms with Crippen molar-refractivity contribution in [2.24, 2.45) is 5.92 Å². The minimum absolute atomic E-state index is 0.0592. The van der Waals surface area contributed by atoms with Gasteiger partial charge in [0, 0.05) is 23.0 Å². The predicted molar refractivity (Wildman–Crippen MR) is 122 cm³/mol. The molecule has 0 unspecified atom stereocenters. The van der Waals surface area contributed by atoms with E-state index in [-0.39, 0.29) is 28.8 Å². The molecule has 0 radical (unpaired) electrons. The molecule has 4 rings (SSSR count). The third kappa shape index (κ3) is 5.37. The van der Waals surface area contributed by atoms with Crippen LogP contribution in [-0.4, -0.2) is 45.0 Å². The molecule has 0 bridgehead atoms. The second-order valence-corrected chi connectivity index (χ2v) is 10.8. The van der Waals surface area contributed by atoms with Gasteiger partial charge < -0.3 is 9.64 Å². The number of nitrogens with zero attached hydrogens (tertiary/aromatic N) is 1. The summed E-state index contributed by atoms with van der Waals surface area (Å²) in [7, 11) is -3.56. The number of hydrogen-bond acceptors (Lipinski definition) is 4. The van der Waals surface area contributed by atoms with Gasteiger partial charge in [-0.25, -0.2) is 13.1 Å². The first-order chi connectivity index (χ1) is 14.9. The van der Waals surface area contributed by atoms with E-state index in [1.54, 1.807) is 24.3 Å². The number of hydrogen-bond donors (Lipinski definition) is 1. The molecule has 6 nitrogen and oxygen atoms in total. The Morgan fingerprint density at radius 1 is 1.00 bits per heavy atom. The highest BCUT2D eigenvalue weighted by Gasteiger charge is 2.35. The lowest BCUT2D eigenvalue weighted by atomic mass is 9.85. The number of amides is 1. The monoisotopic (exact) mass is 506 g/mol. The van der Waals surface area contributed by atoms with Gasteiger partial charge in [-0.2, -0.15) is 0 Å². The van der Waals surface area contributed by atoms with Crippen molar-refractivity contribution in [3.63, 3.8) is 0 Å². The average Bonchev–Trinajstić information content (AvgIpc) is 2.80. The molecule has 166 valence electrons. The SMILES string of the molecule is O=C(C1CCC(NS(=O)(=O)c2ccc(Br)cc2)CC1)N1CCOC[C@@H]1c1ccccc1. The Hall–Kier alpha value is -1.74. The van der Waals surface area contributed by atoms with Crippen LogP contribution in [0.1, 0.15) is 37.3 Å². The van der Waals surface area contributed by atoms with Crippen LogP contribution in [0.5, 0.6) is 0 Å². The van der Waals surface area contributed by atoms with Crippen LogP contribution in [0.25, 0.3) is 0 Å². The molecule has 31 heavy (non-hydrogen) atoms. The number of benzene rings is 2. The molecule has 2 aromatic rings. The number of sulfonamides is 1. The fraction of sp³-hybridized carbons (Fsp3) is 0.435. The van der Waals surface area contributed by atoms with Crippen molar-refractivity contribution < 1.29 is 17.9 Å². The van der Waals surface area contributed by atoms with Crippen molar-refractivity contribution in [1.29, 1.82) is 0 Å². The van der Waals surface area contributed by atoms with Crippen LogP contribution >= 0.6 is 15.9 Å². The Bertz CT molecular complexity index is 990. The van der Waals surface area contributed by atoms with Gasteiger partial charge in [0.25, 0.3) is 0 Å². The predicted octanol–water partition coefficient (Wildman–Crippen LogP) is 3.89. The zero-order valence-corrected chi connectivity index (χ0v) is 19.6. The summed E-state index contributed by atoms with van der Waals surface area (Å²) in [6.07, 6.45) is 2.69. The Morgan fingerprint density at radius 3 is 2.35 bits per heavy atom. The van der Waals surface area contributed by atoms with Crippen LogP contribution in [-0.2, 0) is 19.6 Å². The lowest BCUT2D eigenvalue weighted by Gasteiger charge is -2.39. The smallest absolute Gasteiger partial charge is 0.240 e. The van der Waals surface area contributed by atoms with E-state index in [9.17, 15) is 13.2 Å². The molecule has 1 saturated carbocycles. The zero-order chi connectivity index (χ0) is 21.8. The number of morpholine rings is 1. The van der Waals surface area contributed by atoms with Gasteiger partial charge in [-0.15, -0.1) is 0 Å². The van der Waals surface area contributed by atoms with E-state index in [0.29, 0.717) is 45.4 Å². The highest BCUT2D eigenvalue weighted by Crippen LogP contribution is 2.32. The Balaban J connectivity index is 1.36. The standard InChI is InChI=1S/C23H27BrN2O4S/c24-19-8-12-21(13-9-19)31(28,29)25-20-10-6-18(7-11-20)23(27)26-14-15-30-16-22(26)17-4-2-1-3-5-17/h1-5,8-9,12-13,18,20,22,25H,6-7,10-11,14-16H2/t18?,20?,22-/m1/s1. The summed E-state index contributed by atoms with van der Waals surface area (Å²) < 4.78 is 34.6. The highest BCUT2D eigenvalue weighted by molar-refractivity contribution is 9.10. The van der Waals surface area contributed by atoms with E-state index < -0.39 is 10.0 Å². The third-order valence-corrected chi connectivity index (χ3v) is 8.18. The molecule has 8 heteroatoms. The molecule has 1 heterocycles. The largest absolute Gasteiger partial charge is 0.377 e. The molecule has 1 atom stereocenters. The topological polar surface area (TPSA) is 75.7 Å². The first-order valence-electron chi connectivity index (χ1n) is 10.6. The molecule has 1 amide bonds. The van der Waals surface area contributed by atoms with Crippen molar-refractivity contribution in [3.8, 4) is 0 Å². The lowest BCUT2D eigenvalue weighted by Crippen LogP contribution is -2.47. The maximum atomic E-state index is 13.3. The van der Waals surface area contributed by atoms with Crippen molar-refractivity contribution in [2.75, 3.05) is 19.8 Å². The molecular formula is C23H27BrN2O4S. The van der Waals surface area contributed by atoms with Gasteiger partial charge in [0.15, 0.2) is 0 Å². The van der Waals surface area contributed by atoms with E-state index in [0.717, 1.165) is 10.0 Å². The van der Waals surface area contributed by atoms with Gasteiger partial charge in [0.2, 0.25) is 15.9 Å². The number of carbonyl (C=O) groups is 1. The summed E-state index contributed by atoms with van der Waals surface area (Å²) in [6, 6.07) is 16.4. The summed E-state index contributed by atoms with van der Waals surface area (Å²) in [4.78, 5) is 15.5. The molecule has 2 aromatic carbocycles. The van der Waals surface area contributed by atoms with Crippen LogP contribution in [0.2, 0.25) is 0 Å². The Labute approximate surface area is 192 Å². The van der Waals surface area contributed by atoms with Gasteiger partial charge >= 0.3 is 0 Å². The molecule has 1 N–H and O–H groups in total. The maximum Gasteiger partial charge on any atom is 0.240 e. The molecule has 1 aliphatic carbocycles.